The Hall–Kier alpha value is -1.23. The molecule has 0 unspecified atom stereocenters. The molecule has 1 aromatic heterocycles. The summed E-state index contributed by atoms with van der Waals surface area (Å²) in [5, 5.41) is 4.53. The summed E-state index contributed by atoms with van der Waals surface area (Å²) in [6.45, 7) is 6.74. The molecule has 5 nitrogen and oxygen atoms in total. The van der Waals surface area contributed by atoms with Crippen molar-refractivity contribution in [3.63, 3.8) is 0 Å². The lowest BCUT2D eigenvalue weighted by atomic mass is 10.1. The quantitative estimate of drug-likeness (QED) is 0.887. The standard InChI is InChI=1S/C13H24N4O/c1-4-7-17-13(12(14)10(2)15-17)16(3)11-5-8-18-9-6-11/h11H,4-9,14H2,1-3H3. The van der Waals surface area contributed by atoms with Crippen LogP contribution < -0.4 is 10.6 Å². The maximum absolute atomic E-state index is 6.19. The molecule has 0 bridgehead atoms. The zero-order valence-electron chi connectivity index (χ0n) is 11.6. The molecule has 0 aliphatic carbocycles. The van der Waals surface area contributed by atoms with Gasteiger partial charge in [-0.1, -0.05) is 6.92 Å². The van der Waals surface area contributed by atoms with E-state index in [0.717, 1.165) is 56.2 Å². The van der Waals surface area contributed by atoms with Crippen LogP contribution in [0.4, 0.5) is 11.5 Å². The van der Waals surface area contributed by atoms with E-state index in [0.29, 0.717) is 6.04 Å². The molecule has 0 radical (unpaired) electrons. The van der Waals surface area contributed by atoms with Gasteiger partial charge in [-0.05, 0) is 26.2 Å². The minimum atomic E-state index is 0.507. The molecule has 2 N–H and O–H groups in total. The van der Waals surface area contributed by atoms with Gasteiger partial charge < -0.3 is 15.4 Å². The van der Waals surface area contributed by atoms with Crippen molar-refractivity contribution in [1.29, 1.82) is 0 Å². The number of aryl methyl sites for hydroxylation is 2. The monoisotopic (exact) mass is 252 g/mol. The van der Waals surface area contributed by atoms with E-state index in [1.165, 1.54) is 0 Å². The maximum Gasteiger partial charge on any atom is 0.150 e. The molecule has 1 fully saturated rings. The van der Waals surface area contributed by atoms with Crippen LogP contribution in [0.2, 0.25) is 0 Å². The van der Waals surface area contributed by atoms with Crippen molar-refractivity contribution in [2.75, 3.05) is 30.9 Å². The van der Waals surface area contributed by atoms with Gasteiger partial charge in [0.1, 0.15) is 0 Å². The second-order valence-electron chi connectivity index (χ2n) is 5.00. The molecule has 0 spiro atoms. The summed E-state index contributed by atoms with van der Waals surface area (Å²) in [4.78, 5) is 2.29. The molecule has 0 saturated carbocycles. The van der Waals surface area contributed by atoms with Crippen LogP contribution in [-0.2, 0) is 11.3 Å². The lowest BCUT2D eigenvalue weighted by molar-refractivity contribution is 0.0852. The number of ether oxygens (including phenoxy) is 1. The average Bonchev–Trinajstić information content (AvgIpc) is 2.66. The predicted molar refractivity (Wildman–Crippen MR) is 73.9 cm³/mol. The molecule has 2 heterocycles. The zero-order chi connectivity index (χ0) is 13.1. The Labute approximate surface area is 109 Å². The number of nitrogens with two attached hydrogens (primary N) is 1. The first-order valence-electron chi connectivity index (χ1n) is 6.78. The third-order valence-corrected chi connectivity index (χ3v) is 3.65. The first-order chi connectivity index (χ1) is 8.65. The highest BCUT2D eigenvalue weighted by Crippen LogP contribution is 2.29. The van der Waals surface area contributed by atoms with E-state index in [9.17, 15) is 0 Å². The van der Waals surface area contributed by atoms with Gasteiger partial charge in [0.25, 0.3) is 0 Å². The number of nitrogen functional groups attached to an aromatic ring is 1. The third kappa shape index (κ3) is 2.46. The summed E-state index contributed by atoms with van der Waals surface area (Å²) in [5.74, 6) is 1.07. The van der Waals surface area contributed by atoms with Crippen LogP contribution >= 0.6 is 0 Å². The molecule has 18 heavy (non-hydrogen) atoms. The van der Waals surface area contributed by atoms with E-state index in [1.807, 2.05) is 11.6 Å². The van der Waals surface area contributed by atoms with E-state index in [2.05, 4.69) is 24.0 Å². The summed E-state index contributed by atoms with van der Waals surface area (Å²) < 4.78 is 7.46. The SMILES string of the molecule is CCCn1nc(C)c(N)c1N(C)C1CCOCC1. The van der Waals surface area contributed by atoms with E-state index >= 15 is 0 Å². The van der Waals surface area contributed by atoms with Gasteiger partial charge in [0, 0.05) is 32.8 Å². The fraction of sp³-hybridized carbons (Fsp3) is 0.769. The van der Waals surface area contributed by atoms with E-state index in [4.69, 9.17) is 10.5 Å². The zero-order valence-corrected chi connectivity index (χ0v) is 11.6. The maximum atomic E-state index is 6.19. The number of nitrogens with zero attached hydrogens (tertiary/aromatic N) is 3. The highest BCUT2D eigenvalue weighted by Gasteiger charge is 2.24. The van der Waals surface area contributed by atoms with Crippen LogP contribution in [0.3, 0.4) is 0 Å². The fourth-order valence-electron chi connectivity index (χ4n) is 2.57. The van der Waals surface area contributed by atoms with Crippen molar-refractivity contribution < 1.29 is 4.74 Å². The number of anilines is 2. The number of hydrogen-bond acceptors (Lipinski definition) is 4. The molecular weight excluding hydrogens is 228 g/mol. The molecule has 1 aromatic rings. The number of aromatic nitrogens is 2. The Morgan fingerprint density at radius 2 is 2.11 bits per heavy atom. The van der Waals surface area contributed by atoms with Crippen LogP contribution in [-0.4, -0.2) is 36.1 Å². The van der Waals surface area contributed by atoms with Gasteiger partial charge in [0.15, 0.2) is 5.82 Å². The highest BCUT2D eigenvalue weighted by atomic mass is 16.5. The first kappa shape index (κ1) is 13.2. The van der Waals surface area contributed by atoms with E-state index in [-0.39, 0.29) is 0 Å². The van der Waals surface area contributed by atoms with Crippen molar-refractivity contribution in [2.45, 2.75) is 45.7 Å². The topological polar surface area (TPSA) is 56.3 Å². The minimum absolute atomic E-state index is 0.507. The van der Waals surface area contributed by atoms with Crippen molar-refractivity contribution in [1.82, 2.24) is 9.78 Å². The second-order valence-corrected chi connectivity index (χ2v) is 5.00. The van der Waals surface area contributed by atoms with Crippen LogP contribution in [0.1, 0.15) is 31.9 Å². The van der Waals surface area contributed by atoms with Crippen LogP contribution in [0.5, 0.6) is 0 Å². The molecule has 2 rings (SSSR count). The van der Waals surface area contributed by atoms with Gasteiger partial charge in [-0.3, -0.25) is 0 Å². The van der Waals surface area contributed by atoms with Gasteiger partial charge in [0.2, 0.25) is 0 Å². The first-order valence-corrected chi connectivity index (χ1v) is 6.78. The Balaban J connectivity index is 2.24. The van der Waals surface area contributed by atoms with Crippen molar-refractivity contribution in [3.8, 4) is 0 Å². The summed E-state index contributed by atoms with van der Waals surface area (Å²) >= 11 is 0. The van der Waals surface area contributed by atoms with Gasteiger partial charge in [0.05, 0.1) is 11.4 Å². The fourth-order valence-corrected chi connectivity index (χ4v) is 2.57. The molecule has 0 aromatic carbocycles. The van der Waals surface area contributed by atoms with Crippen LogP contribution in [0.25, 0.3) is 0 Å². The Morgan fingerprint density at radius 3 is 2.72 bits per heavy atom. The van der Waals surface area contributed by atoms with Crippen LogP contribution in [0.15, 0.2) is 0 Å². The Kier molecular flexibility index (Phi) is 4.11. The largest absolute Gasteiger partial charge is 0.394 e. The number of hydrogen-bond donors (Lipinski definition) is 1. The van der Waals surface area contributed by atoms with Crippen molar-refractivity contribution in [3.05, 3.63) is 5.69 Å². The normalized spacial score (nSPS) is 17.1. The van der Waals surface area contributed by atoms with E-state index < -0.39 is 0 Å². The predicted octanol–water partition coefficient (Wildman–Crippen LogP) is 1.80. The molecule has 102 valence electrons. The summed E-state index contributed by atoms with van der Waals surface area (Å²) in [6.07, 6.45) is 3.19. The summed E-state index contributed by atoms with van der Waals surface area (Å²) in [7, 11) is 2.12. The van der Waals surface area contributed by atoms with Crippen molar-refractivity contribution >= 4 is 11.5 Å². The van der Waals surface area contributed by atoms with Gasteiger partial charge >= 0.3 is 0 Å². The Bertz CT molecular complexity index is 396. The average molecular weight is 252 g/mol. The number of rotatable bonds is 4. The highest BCUT2D eigenvalue weighted by molar-refractivity contribution is 5.66. The van der Waals surface area contributed by atoms with Crippen molar-refractivity contribution in [2.24, 2.45) is 0 Å². The Morgan fingerprint density at radius 1 is 1.44 bits per heavy atom. The second kappa shape index (κ2) is 5.61. The molecule has 1 aliphatic heterocycles. The smallest absolute Gasteiger partial charge is 0.150 e. The molecule has 5 heteroatoms. The van der Waals surface area contributed by atoms with Gasteiger partial charge in [-0.2, -0.15) is 5.10 Å². The lowest BCUT2D eigenvalue weighted by Crippen LogP contribution is -2.38. The summed E-state index contributed by atoms with van der Waals surface area (Å²) in [5.41, 5.74) is 7.93. The molecular formula is C13H24N4O. The molecule has 0 amide bonds. The minimum Gasteiger partial charge on any atom is -0.394 e. The molecule has 1 aliphatic rings. The molecule has 0 atom stereocenters. The third-order valence-electron chi connectivity index (χ3n) is 3.65. The van der Waals surface area contributed by atoms with Gasteiger partial charge in [-0.15, -0.1) is 0 Å². The van der Waals surface area contributed by atoms with Crippen LogP contribution in [0, 0.1) is 6.92 Å². The summed E-state index contributed by atoms with van der Waals surface area (Å²) in [6, 6.07) is 0.507. The lowest BCUT2D eigenvalue weighted by Gasteiger charge is -2.33. The van der Waals surface area contributed by atoms with Gasteiger partial charge in [-0.25, -0.2) is 4.68 Å². The van der Waals surface area contributed by atoms with E-state index in [1.54, 1.807) is 0 Å². The molecule has 1 saturated heterocycles.